The van der Waals surface area contributed by atoms with Crippen molar-refractivity contribution < 1.29 is 13.9 Å². The Morgan fingerprint density at radius 3 is 2.89 bits per heavy atom. The summed E-state index contributed by atoms with van der Waals surface area (Å²) in [5.41, 5.74) is 0. The van der Waals surface area contributed by atoms with Crippen LogP contribution in [0.25, 0.3) is 0 Å². The Morgan fingerprint density at radius 1 is 1.47 bits per heavy atom. The van der Waals surface area contributed by atoms with Crippen LogP contribution in [0.4, 0.5) is 0 Å². The number of amides is 1. The van der Waals surface area contributed by atoms with Gasteiger partial charge in [0.1, 0.15) is 11.5 Å². The number of methoxy groups -OCH3 is 1. The second kappa shape index (κ2) is 9.01. The standard InChI is InChI=1S/C13H22N2O3S/c1-10(13(16)14-6-7-17-2)15-8-11-4-5-12(18-11)9-19-3/h4-5,10,15H,6-9H2,1-3H3,(H,14,16). The third kappa shape index (κ3) is 6.13. The molecule has 1 amide bonds. The van der Waals surface area contributed by atoms with Gasteiger partial charge >= 0.3 is 0 Å². The predicted octanol–water partition coefficient (Wildman–Crippen LogP) is 1.38. The number of hydrogen-bond acceptors (Lipinski definition) is 5. The molecule has 0 aliphatic carbocycles. The fraction of sp³-hybridized carbons (Fsp3) is 0.615. The van der Waals surface area contributed by atoms with Gasteiger partial charge in [0.2, 0.25) is 5.91 Å². The summed E-state index contributed by atoms with van der Waals surface area (Å²) in [5, 5.41) is 5.91. The quantitative estimate of drug-likeness (QED) is 0.672. The van der Waals surface area contributed by atoms with Crippen LogP contribution in [0.5, 0.6) is 0 Å². The number of carbonyl (C=O) groups is 1. The molecule has 0 bridgehead atoms. The summed E-state index contributed by atoms with van der Waals surface area (Å²) in [4.78, 5) is 11.7. The van der Waals surface area contributed by atoms with Gasteiger partial charge in [-0.3, -0.25) is 10.1 Å². The van der Waals surface area contributed by atoms with Gasteiger partial charge in [-0.2, -0.15) is 11.8 Å². The topological polar surface area (TPSA) is 63.5 Å². The maximum absolute atomic E-state index is 11.7. The molecular weight excluding hydrogens is 264 g/mol. The van der Waals surface area contributed by atoms with Crippen LogP contribution in [-0.2, 0) is 21.8 Å². The summed E-state index contributed by atoms with van der Waals surface area (Å²) < 4.78 is 10.5. The number of furan rings is 1. The number of nitrogens with one attached hydrogen (secondary N) is 2. The summed E-state index contributed by atoms with van der Waals surface area (Å²) in [5.74, 6) is 2.64. The van der Waals surface area contributed by atoms with Gasteiger partial charge in [-0.15, -0.1) is 0 Å². The van der Waals surface area contributed by atoms with Gasteiger partial charge in [-0.05, 0) is 25.3 Å². The maximum Gasteiger partial charge on any atom is 0.236 e. The molecule has 1 rings (SSSR count). The zero-order valence-electron chi connectivity index (χ0n) is 11.7. The van der Waals surface area contributed by atoms with Crippen molar-refractivity contribution in [3.8, 4) is 0 Å². The normalized spacial score (nSPS) is 12.4. The molecule has 5 nitrogen and oxygen atoms in total. The van der Waals surface area contributed by atoms with E-state index in [0.717, 1.165) is 17.3 Å². The van der Waals surface area contributed by atoms with Crippen LogP contribution < -0.4 is 10.6 Å². The molecule has 0 aromatic carbocycles. The van der Waals surface area contributed by atoms with Crippen molar-refractivity contribution in [3.05, 3.63) is 23.7 Å². The molecule has 0 aliphatic heterocycles. The minimum Gasteiger partial charge on any atom is -0.464 e. The van der Waals surface area contributed by atoms with Crippen molar-refractivity contribution in [2.24, 2.45) is 0 Å². The van der Waals surface area contributed by atoms with Crippen LogP contribution in [0.1, 0.15) is 18.4 Å². The largest absolute Gasteiger partial charge is 0.464 e. The van der Waals surface area contributed by atoms with Gasteiger partial charge in [0.15, 0.2) is 0 Å². The van der Waals surface area contributed by atoms with Crippen molar-refractivity contribution in [1.29, 1.82) is 0 Å². The highest BCUT2D eigenvalue weighted by atomic mass is 32.2. The molecule has 108 valence electrons. The lowest BCUT2D eigenvalue weighted by atomic mass is 10.3. The van der Waals surface area contributed by atoms with E-state index in [1.165, 1.54) is 0 Å². The molecular formula is C13H22N2O3S. The molecule has 1 unspecified atom stereocenters. The van der Waals surface area contributed by atoms with Crippen LogP contribution in [0, 0.1) is 0 Å². The second-order valence-corrected chi connectivity index (χ2v) is 5.05. The van der Waals surface area contributed by atoms with Crippen molar-refractivity contribution in [2.45, 2.75) is 25.3 Å². The van der Waals surface area contributed by atoms with E-state index in [1.54, 1.807) is 18.9 Å². The molecule has 0 spiro atoms. The van der Waals surface area contributed by atoms with Crippen LogP contribution in [0.3, 0.4) is 0 Å². The highest BCUT2D eigenvalue weighted by molar-refractivity contribution is 7.97. The zero-order chi connectivity index (χ0) is 14.1. The SMILES string of the molecule is COCCNC(=O)C(C)NCc1ccc(CSC)o1. The molecule has 2 N–H and O–H groups in total. The third-order valence-electron chi connectivity index (χ3n) is 2.59. The summed E-state index contributed by atoms with van der Waals surface area (Å²) in [6.07, 6.45) is 2.03. The van der Waals surface area contributed by atoms with E-state index in [9.17, 15) is 4.79 Å². The minimum absolute atomic E-state index is 0.0343. The van der Waals surface area contributed by atoms with Gasteiger partial charge in [-0.25, -0.2) is 0 Å². The number of carbonyl (C=O) groups excluding carboxylic acids is 1. The summed E-state index contributed by atoms with van der Waals surface area (Å²) in [6, 6.07) is 3.65. The highest BCUT2D eigenvalue weighted by Gasteiger charge is 2.12. The number of rotatable bonds is 9. The zero-order valence-corrected chi connectivity index (χ0v) is 12.5. The smallest absolute Gasteiger partial charge is 0.236 e. The molecule has 1 heterocycles. The number of thioether (sulfide) groups is 1. The lowest BCUT2D eigenvalue weighted by Crippen LogP contribution is -2.42. The van der Waals surface area contributed by atoms with Crippen LogP contribution in [0.15, 0.2) is 16.5 Å². The van der Waals surface area contributed by atoms with E-state index in [1.807, 2.05) is 25.3 Å². The highest BCUT2D eigenvalue weighted by Crippen LogP contribution is 2.13. The molecule has 6 heteroatoms. The molecule has 0 radical (unpaired) electrons. The Labute approximate surface area is 118 Å². The molecule has 0 saturated heterocycles. The van der Waals surface area contributed by atoms with Gasteiger partial charge in [0.05, 0.1) is 24.9 Å². The first kappa shape index (κ1) is 16.1. The third-order valence-corrected chi connectivity index (χ3v) is 3.16. The molecule has 19 heavy (non-hydrogen) atoms. The Bertz CT molecular complexity index is 382. The molecule has 1 aromatic heterocycles. The van der Waals surface area contributed by atoms with Crippen molar-refractivity contribution in [3.63, 3.8) is 0 Å². The van der Waals surface area contributed by atoms with Crippen LogP contribution in [0.2, 0.25) is 0 Å². The van der Waals surface area contributed by atoms with E-state index in [4.69, 9.17) is 9.15 Å². The monoisotopic (exact) mass is 286 g/mol. The Hall–Kier alpha value is -0.980. The van der Waals surface area contributed by atoms with Crippen LogP contribution in [-0.4, -0.2) is 38.5 Å². The summed E-state index contributed by atoms with van der Waals surface area (Å²) in [7, 11) is 1.61. The van der Waals surface area contributed by atoms with Gasteiger partial charge in [0, 0.05) is 13.7 Å². The van der Waals surface area contributed by atoms with Gasteiger partial charge in [0.25, 0.3) is 0 Å². The lowest BCUT2D eigenvalue weighted by Gasteiger charge is -2.12. The average molecular weight is 286 g/mol. The fourth-order valence-corrected chi connectivity index (χ4v) is 1.95. The first-order valence-electron chi connectivity index (χ1n) is 6.24. The van der Waals surface area contributed by atoms with Gasteiger partial charge < -0.3 is 14.5 Å². The Morgan fingerprint density at radius 2 is 2.21 bits per heavy atom. The molecule has 0 aliphatic rings. The molecule has 1 atom stereocenters. The van der Waals surface area contributed by atoms with Crippen molar-refractivity contribution in [2.75, 3.05) is 26.5 Å². The fourth-order valence-electron chi connectivity index (χ4n) is 1.51. The van der Waals surface area contributed by atoms with Crippen molar-refractivity contribution in [1.82, 2.24) is 10.6 Å². The minimum atomic E-state index is -0.258. The Kier molecular flexibility index (Phi) is 7.62. The van der Waals surface area contributed by atoms with Crippen molar-refractivity contribution >= 4 is 17.7 Å². The molecule has 0 fully saturated rings. The average Bonchev–Trinajstić information content (AvgIpc) is 2.84. The van der Waals surface area contributed by atoms with E-state index < -0.39 is 0 Å². The van der Waals surface area contributed by atoms with E-state index in [-0.39, 0.29) is 11.9 Å². The number of hydrogen-bond donors (Lipinski definition) is 2. The summed E-state index contributed by atoms with van der Waals surface area (Å²) >= 11 is 1.72. The predicted molar refractivity (Wildman–Crippen MR) is 77.1 cm³/mol. The second-order valence-electron chi connectivity index (χ2n) is 4.19. The Balaban J connectivity index is 2.28. The van der Waals surface area contributed by atoms with Gasteiger partial charge in [-0.1, -0.05) is 0 Å². The number of ether oxygens (including phenoxy) is 1. The van der Waals surface area contributed by atoms with E-state index in [0.29, 0.717) is 19.7 Å². The lowest BCUT2D eigenvalue weighted by molar-refractivity contribution is -0.123. The van der Waals surface area contributed by atoms with E-state index in [2.05, 4.69) is 10.6 Å². The maximum atomic E-state index is 11.7. The van der Waals surface area contributed by atoms with Crippen LogP contribution >= 0.6 is 11.8 Å². The molecule has 0 saturated carbocycles. The molecule has 1 aromatic rings. The first-order valence-corrected chi connectivity index (χ1v) is 7.63. The first-order chi connectivity index (χ1) is 9.17. The summed E-state index contributed by atoms with van der Waals surface area (Å²) in [6.45, 7) is 3.43. The van der Waals surface area contributed by atoms with E-state index >= 15 is 0 Å².